The van der Waals surface area contributed by atoms with Gasteiger partial charge in [0.15, 0.2) is 6.61 Å². The van der Waals surface area contributed by atoms with Crippen LogP contribution in [0.2, 0.25) is 0 Å². The smallest absolute Gasteiger partial charge is 0.309 e. The van der Waals surface area contributed by atoms with Crippen molar-refractivity contribution in [1.29, 1.82) is 0 Å². The molecule has 1 N–H and O–H groups in total. The molecule has 0 fully saturated rings. The van der Waals surface area contributed by atoms with Crippen molar-refractivity contribution in [3.63, 3.8) is 0 Å². The van der Waals surface area contributed by atoms with Gasteiger partial charge in [0, 0.05) is 5.69 Å². The van der Waals surface area contributed by atoms with Crippen LogP contribution < -0.4 is 5.32 Å². The summed E-state index contributed by atoms with van der Waals surface area (Å²) in [6.45, 7) is -0.283. The summed E-state index contributed by atoms with van der Waals surface area (Å²) >= 11 is 0. The van der Waals surface area contributed by atoms with Crippen LogP contribution in [0.25, 0.3) is 0 Å². The Bertz CT molecular complexity index is 830. The van der Waals surface area contributed by atoms with Crippen LogP contribution in [0.15, 0.2) is 77.0 Å². The van der Waals surface area contributed by atoms with E-state index >= 15 is 0 Å². The van der Waals surface area contributed by atoms with E-state index in [-0.39, 0.29) is 24.4 Å². The summed E-state index contributed by atoms with van der Waals surface area (Å²) in [5, 5.41) is 11.0. The molecular weight excluding hydrogens is 342 g/mol. The van der Waals surface area contributed by atoms with Gasteiger partial charge >= 0.3 is 5.97 Å². The van der Waals surface area contributed by atoms with Crippen molar-refractivity contribution in [3.8, 4) is 0 Å². The zero-order chi connectivity index (χ0) is 18.9. The van der Waals surface area contributed by atoms with Crippen LogP contribution in [0.5, 0.6) is 0 Å². The Balaban J connectivity index is 1.46. The molecule has 0 heterocycles. The van der Waals surface area contributed by atoms with Crippen LogP contribution >= 0.6 is 0 Å². The summed E-state index contributed by atoms with van der Waals surface area (Å²) in [6, 6.07) is 16.4. The Hall–Kier alpha value is -3.28. The van der Waals surface area contributed by atoms with E-state index < -0.39 is 0 Å². The molecular formula is C21H21N3O3. The van der Waals surface area contributed by atoms with Gasteiger partial charge in [0.25, 0.3) is 5.91 Å². The predicted molar refractivity (Wildman–Crippen MR) is 103 cm³/mol. The fourth-order valence-corrected chi connectivity index (χ4v) is 2.68. The number of carbonyl (C=O) groups excluding carboxylic acids is 2. The first-order valence-corrected chi connectivity index (χ1v) is 8.89. The number of allylic oxidation sites excluding steroid dienone is 2. The van der Waals surface area contributed by atoms with Crippen LogP contribution in [0.3, 0.4) is 0 Å². The molecule has 1 aliphatic carbocycles. The quantitative estimate of drug-likeness (QED) is 0.448. The lowest BCUT2D eigenvalue weighted by molar-refractivity contribution is -0.151. The zero-order valence-corrected chi connectivity index (χ0v) is 14.9. The summed E-state index contributed by atoms with van der Waals surface area (Å²) in [7, 11) is 0. The summed E-state index contributed by atoms with van der Waals surface area (Å²) in [6.07, 6.45) is 6.36. The Morgan fingerprint density at radius 2 is 1.67 bits per heavy atom. The summed E-state index contributed by atoms with van der Waals surface area (Å²) < 4.78 is 5.11. The topological polar surface area (TPSA) is 80.1 Å². The van der Waals surface area contributed by atoms with E-state index in [0.717, 1.165) is 18.5 Å². The van der Waals surface area contributed by atoms with Crippen molar-refractivity contribution in [3.05, 3.63) is 66.7 Å². The number of azo groups is 1. The van der Waals surface area contributed by atoms with Crippen molar-refractivity contribution in [2.45, 2.75) is 19.3 Å². The number of anilines is 1. The molecule has 3 rings (SSSR count). The molecule has 2 aromatic carbocycles. The highest BCUT2D eigenvalue weighted by Crippen LogP contribution is 2.21. The molecule has 6 heteroatoms. The van der Waals surface area contributed by atoms with Gasteiger partial charge in [-0.2, -0.15) is 10.2 Å². The molecule has 0 saturated carbocycles. The third-order valence-electron chi connectivity index (χ3n) is 4.14. The van der Waals surface area contributed by atoms with Gasteiger partial charge in [-0.15, -0.1) is 0 Å². The van der Waals surface area contributed by atoms with Gasteiger partial charge in [-0.05, 0) is 55.7 Å². The number of nitrogens with zero attached hydrogens (tertiary/aromatic N) is 2. The molecule has 27 heavy (non-hydrogen) atoms. The molecule has 6 nitrogen and oxygen atoms in total. The van der Waals surface area contributed by atoms with Crippen molar-refractivity contribution < 1.29 is 14.3 Å². The maximum atomic E-state index is 12.0. The molecule has 138 valence electrons. The fraction of sp³-hybridized carbons (Fsp3) is 0.238. The van der Waals surface area contributed by atoms with Crippen LogP contribution in [-0.2, 0) is 14.3 Å². The van der Waals surface area contributed by atoms with Crippen LogP contribution in [0.4, 0.5) is 17.1 Å². The molecule has 0 spiro atoms. The number of benzene rings is 2. The second-order valence-corrected chi connectivity index (χ2v) is 6.22. The molecule has 0 radical (unpaired) electrons. The predicted octanol–water partition coefficient (Wildman–Crippen LogP) is 4.94. The maximum absolute atomic E-state index is 12.0. The highest BCUT2D eigenvalue weighted by atomic mass is 16.5. The average molecular weight is 363 g/mol. The minimum Gasteiger partial charge on any atom is -0.455 e. The van der Waals surface area contributed by atoms with Crippen LogP contribution in [0.1, 0.15) is 19.3 Å². The number of amides is 1. The minimum atomic E-state index is -0.367. The molecule has 1 atom stereocenters. The SMILES string of the molecule is O=C(COC(=O)[C@@H]1CC=CCC1)Nc1ccc(N=Nc2ccccc2)cc1. The number of rotatable bonds is 6. The normalized spacial score (nSPS) is 16.2. The summed E-state index contributed by atoms with van der Waals surface area (Å²) in [4.78, 5) is 23.9. The molecule has 2 aromatic rings. The molecule has 1 amide bonds. The molecule has 0 unspecified atom stereocenters. The van der Waals surface area contributed by atoms with Gasteiger partial charge in [-0.1, -0.05) is 30.4 Å². The van der Waals surface area contributed by atoms with E-state index in [4.69, 9.17) is 4.74 Å². The largest absolute Gasteiger partial charge is 0.455 e. The number of nitrogens with one attached hydrogen (secondary N) is 1. The van der Waals surface area contributed by atoms with Crippen molar-refractivity contribution >= 4 is 28.9 Å². The summed E-state index contributed by atoms with van der Waals surface area (Å²) in [5.74, 6) is -0.823. The minimum absolute atomic E-state index is 0.142. The Labute approximate surface area is 158 Å². The molecule has 1 aliphatic rings. The monoisotopic (exact) mass is 363 g/mol. The molecule has 0 saturated heterocycles. The lowest BCUT2D eigenvalue weighted by Gasteiger charge is -2.16. The molecule has 0 bridgehead atoms. The van der Waals surface area contributed by atoms with E-state index in [1.165, 1.54) is 0 Å². The molecule has 0 aliphatic heterocycles. The number of carbonyl (C=O) groups is 2. The third kappa shape index (κ3) is 5.88. The van der Waals surface area contributed by atoms with Gasteiger partial charge in [-0.3, -0.25) is 9.59 Å². The van der Waals surface area contributed by atoms with E-state index in [1.54, 1.807) is 24.3 Å². The van der Waals surface area contributed by atoms with Gasteiger partial charge in [0.05, 0.1) is 17.3 Å². The molecule has 0 aromatic heterocycles. The summed E-state index contributed by atoms with van der Waals surface area (Å²) in [5.41, 5.74) is 2.05. The van der Waals surface area contributed by atoms with Gasteiger partial charge in [0.1, 0.15) is 0 Å². The second-order valence-electron chi connectivity index (χ2n) is 6.22. The number of hydrogen-bond acceptors (Lipinski definition) is 5. The number of ether oxygens (including phenoxy) is 1. The fourth-order valence-electron chi connectivity index (χ4n) is 2.68. The zero-order valence-electron chi connectivity index (χ0n) is 14.9. The van der Waals surface area contributed by atoms with E-state index in [2.05, 4.69) is 21.6 Å². The lowest BCUT2D eigenvalue weighted by atomic mass is 9.95. The first kappa shape index (κ1) is 18.5. The highest BCUT2D eigenvalue weighted by Gasteiger charge is 2.20. The van der Waals surface area contributed by atoms with E-state index in [0.29, 0.717) is 17.8 Å². The van der Waals surface area contributed by atoms with Crippen LogP contribution in [0, 0.1) is 5.92 Å². The first-order chi connectivity index (χ1) is 13.2. The Morgan fingerprint density at radius 1 is 0.963 bits per heavy atom. The second kappa shape index (κ2) is 9.43. The van der Waals surface area contributed by atoms with Gasteiger partial charge in [0.2, 0.25) is 0 Å². The van der Waals surface area contributed by atoms with E-state index in [1.807, 2.05) is 36.4 Å². The number of esters is 1. The van der Waals surface area contributed by atoms with E-state index in [9.17, 15) is 9.59 Å². The standard InChI is InChI=1S/C21H21N3O3/c25-20(15-27-21(26)16-7-3-1-4-8-16)22-17-11-13-19(14-12-17)24-23-18-9-5-2-6-10-18/h1-3,5-6,9-14,16H,4,7-8,15H2,(H,22,25)/t16-/m1/s1. The highest BCUT2D eigenvalue weighted by molar-refractivity contribution is 5.93. The lowest BCUT2D eigenvalue weighted by Crippen LogP contribution is -2.25. The van der Waals surface area contributed by atoms with Crippen molar-refractivity contribution in [2.75, 3.05) is 11.9 Å². The van der Waals surface area contributed by atoms with Gasteiger partial charge < -0.3 is 10.1 Å². The van der Waals surface area contributed by atoms with Crippen molar-refractivity contribution in [2.24, 2.45) is 16.1 Å². The first-order valence-electron chi connectivity index (χ1n) is 8.89. The van der Waals surface area contributed by atoms with Crippen molar-refractivity contribution in [1.82, 2.24) is 0 Å². The average Bonchev–Trinajstić information content (AvgIpc) is 2.73. The number of hydrogen-bond donors (Lipinski definition) is 1. The Morgan fingerprint density at radius 3 is 2.33 bits per heavy atom. The van der Waals surface area contributed by atoms with Gasteiger partial charge in [-0.25, -0.2) is 0 Å². The van der Waals surface area contributed by atoms with Crippen LogP contribution in [-0.4, -0.2) is 18.5 Å². The maximum Gasteiger partial charge on any atom is 0.309 e. The Kier molecular flexibility index (Phi) is 6.46. The third-order valence-corrected chi connectivity index (χ3v) is 4.14.